The highest BCUT2D eigenvalue weighted by Crippen LogP contribution is 2.30. The summed E-state index contributed by atoms with van der Waals surface area (Å²) in [5.41, 5.74) is 5.64. The summed E-state index contributed by atoms with van der Waals surface area (Å²) in [4.78, 5) is 8.15. The number of aromatic amines is 2. The molecule has 0 spiro atoms. The molecule has 0 saturated carbocycles. The number of fused-ring (bicyclic) bond motifs is 1. The fourth-order valence-electron chi connectivity index (χ4n) is 3.38. The molecule has 0 aliphatic carbocycles. The highest BCUT2D eigenvalue weighted by Gasteiger charge is 2.16. The fourth-order valence-corrected chi connectivity index (χ4v) is 3.38. The average molecular weight is 370 g/mol. The van der Waals surface area contributed by atoms with E-state index in [2.05, 4.69) is 20.3 Å². The van der Waals surface area contributed by atoms with E-state index in [4.69, 9.17) is 9.72 Å². The number of ether oxygens (including phenoxy) is 1. The van der Waals surface area contributed by atoms with Crippen molar-refractivity contribution in [2.24, 2.45) is 0 Å². The first-order valence-electron chi connectivity index (χ1n) is 8.96. The number of rotatable bonds is 5. The van der Waals surface area contributed by atoms with Crippen molar-refractivity contribution < 1.29 is 4.74 Å². The van der Waals surface area contributed by atoms with Gasteiger partial charge >= 0.3 is 0 Å². The number of hydrogen-bond donors (Lipinski definition) is 2. The molecule has 0 atom stereocenters. The first-order valence-corrected chi connectivity index (χ1v) is 8.96. The van der Waals surface area contributed by atoms with Gasteiger partial charge in [-0.3, -0.25) is 5.10 Å². The number of methoxy groups -OCH3 is 1. The van der Waals surface area contributed by atoms with Crippen LogP contribution in [0.4, 0.5) is 0 Å². The number of nitrogens with one attached hydrogen (secondary N) is 2. The number of H-pyrrole nitrogens is 2. The Morgan fingerprint density at radius 2 is 1.82 bits per heavy atom. The SMILES string of the molecule is COc1ccccc1Cn1ncc2[nH]c(-c3cn[nH]c3-c3ccccc3)nc21. The first-order chi connectivity index (χ1) is 13.8. The zero-order valence-corrected chi connectivity index (χ0v) is 15.3. The summed E-state index contributed by atoms with van der Waals surface area (Å²) in [7, 11) is 1.67. The van der Waals surface area contributed by atoms with Crippen molar-refractivity contribution >= 4 is 11.2 Å². The average Bonchev–Trinajstić information content (AvgIpc) is 3.45. The van der Waals surface area contributed by atoms with E-state index in [1.165, 1.54) is 0 Å². The summed E-state index contributed by atoms with van der Waals surface area (Å²) in [5, 5.41) is 11.8. The largest absolute Gasteiger partial charge is 0.496 e. The summed E-state index contributed by atoms with van der Waals surface area (Å²) in [5.74, 6) is 1.59. The zero-order chi connectivity index (χ0) is 18.9. The lowest BCUT2D eigenvalue weighted by Crippen LogP contribution is -2.03. The Labute approximate surface area is 161 Å². The minimum atomic E-state index is 0.578. The van der Waals surface area contributed by atoms with Gasteiger partial charge in [-0.25, -0.2) is 9.67 Å². The standard InChI is InChI=1S/C21H18N6O/c1-28-18-10-6-5-9-15(18)13-27-21-17(12-23-27)24-20(25-21)16-11-22-26-19(16)14-7-3-2-4-8-14/h2-12H,13H2,1H3,(H,22,26)(H,24,25). The summed E-state index contributed by atoms with van der Waals surface area (Å²) in [6.07, 6.45) is 3.58. The lowest BCUT2D eigenvalue weighted by molar-refractivity contribution is 0.407. The minimum Gasteiger partial charge on any atom is -0.496 e. The third kappa shape index (κ3) is 2.73. The lowest BCUT2D eigenvalue weighted by atomic mass is 10.1. The van der Waals surface area contributed by atoms with Gasteiger partial charge in [0.05, 0.1) is 37.3 Å². The van der Waals surface area contributed by atoms with Gasteiger partial charge in [-0.2, -0.15) is 10.2 Å². The van der Waals surface area contributed by atoms with Crippen molar-refractivity contribution in [3.8, 4) is 28.4 Å². The van der Waals surface area contributed by atoms with Crippen LogP contribution >= 0.6 is 0 Å². The fraction of sp³-hybridized carbons (Fsp3) is 0.0952. The van der Waals surface area contributed by atoms with Gasteiger partial charge in [0.15, 0.2) is 5.65 Å². The first kappa shape index (κ1) is 16.3. The molecule has 5 rings (SSSR count). The van der Waals surface area contributed by atoms with E-state index < -0.39 is 0 Å². The van der Waals surface area contributed by atoms with E-state index in [1.54, 1.807) is 19.5 Å². The van der Waals surface area contributed by atoms with Crippen molar-refractivity contribution in [3.05, 3.63) is 72.6 Å². The number of nitrogens with zero attached hydrogens (tertiary/aromatic N) is 4. The Morgan fingerprint density at radius 3 is 2.68 bits per heavy atom. The topological polar surface area (TPSA) is 84.4 Å². The van der Waals surface area contributed by atoms with Crippen LogP contribution in [0.15, 0.2) is 67.0 Å². The molecule has 2 N–H and O–H groups in total. The number of aromatic nitrogens is 6. The molecule has 28 heavy (non-hydrogen) atoms. The molecule has 3 aromatic heterocycles. The molecular formula is C21H18N6O. The van der Waals surface area contributed by atoms with Crippen LogP contribution in [0.2, 0.25) is 0 Å². The van der Waals surface area contributed by atoms with Crippen LogP contribution in [0.5, 0.6) is 5.75 Å². The van der Waals surface area contributed by atoms with Gasteiger partial charge in [-0.05, 0) is 6.07 Å². The van der Waals surface area contributed by atoms with Crippen LogP contribution in [0.1, 0.15) is 5.56 Å². The van der Waals surface area contributed by atoms with Crippen LogP contribution in [-0.2, 0) is 6.54 Å². The molecule has 2 aromatic carbocycles. The molecule has 5 aromatic rings. The molecule has 7 heteroatoms. The van der Waals surface area contributed by atoms with E-state index in [1.807, 2.05) is 59.3 Å². The van der Waals surface area contributed by atoms with Crippen molar-refractivity contribution in [3.63, 3.8) is 0 Å². The molecule has 0 saturated heterocycles. The summed E-state index contributed by atoms with van der Waals surface area (Å²) in [6.45, 7) is 0.578. The van der Waals surface area contributed by atoms with Gasteiger partial charge in [0.25, 0.3) is 0 Å². The van der Waals surface area contributed by atoms with E-state index in [9.17, 15) is 0 Å². The normalized spacial score (nSPS) is 11.2. The summed E-state index contributed by atoms with van der Waals surface area (Å²) in [6, 6.07) is 18.0. The molecule has 0 aliphatic heterocycles. The molecule has 0 unspecified atom stereocenters. The molecule has 138 valence electrons. The van der Waals surface area contributed by atoms with Crippen molar-refractivity contribution in [1.29, 1.82) is 0 Å². The number of para-hydroxylation sites is 1. The Bertz CT molecular complexity index is 1230. The van der Waals surface area contributed by atoms with Crippen LogP contribution in [0.3, 0.4) is 0 Å². The highest BCUT2D eigenvalue weighted by atomic mass is 16.5. The molecule has 0 radical (unpaired) electrons. The second kappa shape index (κ2) is 6.70. The summed E-state index contributed by atoms with van der Waals surface area (Å²) >= 11 is 0. The molecule has 0 amide bonds. The van der Waals surface area contributed by atoms with Crippen molar-refractivity contribution in [1.82, 2.24) is 29.9 Å². The number of hydrogen-bond acceptors (Lipinski definition) is 4. The van der Waals surface area contributed by atoms with E-state index in [0.717, 1.165) is 45.1 Å². The second-order valence-corrected chi connectivity index (χ2v) is 6.46. The van der Waals surface area contributed by atoms with Gasteiger partial charge in [0, 0.05) is 11.1 Å². The van der Waals surface area contributed by atoms with Gasteiger partial charge in [0.1, 0.15) is 17.1 Å². The Morgan fingerprint density at radius 1 is 1.00 bits per heavy atom. The van der Waals surface area contributed by atoms with Crippen molar-refractivity contribution in [2.45, 2.75) is 6.54 Å². The van der Waals surface area contributed by atoms with E-state index in [0.29, 0.717) is 6.54 Å². The molecular weight excluding hydrogens is 352 g/mol. The third-order valence-corrected chi connectivity index (χ3v) is 4.75. The Kier molecular flexibility index (Phi) is 3.90. The predicted octanol–water partition coefficient (Wildman–Crippen LogP) is 3.87. The molecule has 0 fully saturated rings. The molecule has 7 nitrogen and oxygen atoms in total. The smallest absolute Gasteiger partial charge is 0.177 e. The van der Waals surface area contributed by atoms with Crippen molar-refractivity contribution in [2.75, 3.05) is 7.11 Å². The van der Waals surface area contributed by atoms with Crippen LogP contribution in [0, 0.1) is 0 Å². The maximum atomic E-state index is 5.45. The van der Waals surface area contributed by atoms with E-state index in [-0.39, 0.29) is 0 Å². The number of imidazole rings is 1. The zero-order valence-electron chi connectivity index (χ0n) is 15.3. The molecule has 0 bridgehead atoms. The van der Waals surface area contributed by atoms with E-state index >= 15 is 0 Å². The second-order valence-electron chi connectivity index (χ2n) is 6.46. The Hall–Kier alpha value is -3.87. The number of benzene rings is 2. The van der Waals surface area contributed by atoms with Gasteiger partial charge in [-0.1, -0.05) is 48.5 Å². The van der Waals surface area contributed by atoms with Crippen LogP contribution in [0.25, 0.3) is 33.8 Å². The minimum absolute atomic E-state index is 0.578. The summed E-state index contributed by atoms with van der Waals surface area (Å²) < 4.78 is 7.32. The van der Waals surface area contributed by atoms with Gasteiger partial charge < -0.3 is 9.72 Å². The maximum Gasteiger partial charge on any atom is 0.177 e. The van der Waals surface area contributed by atoms with Crippen LogP contribution < -0.4 is 4.74 Å². The highest BCUT2D eigenvalue weighted by molar-refractivity contribution is 5.82. The maximum absolute atomic E-state index is 5.45. The predicted molar refractivity (Wildman–Crippen MR) is 107 cm³/mol. The van der Waals surface area contributed by atoms with Gasteiger partial charge in [-0.15, -0.1) is 0 Å². The molecule has 3 heterocycles. The third-order valence-electron chi connectivity index (χ3n) is 4.75. The Balaban J connectivity index is 1.54. The van der Waals surface area contributed by atoms with Crippen LogP contribution in [-0.4, -0.2) is 37.1 Å². The quantitative estimate of drug-likeness (QED) is 0.492. The molecule has 0 aliphatic rings. The van der Waals surface area contributed by atoms with Gasteiger partial charge in [0.2, 0.25) is 0 Å². The lowest BCUT2D eigenvalue weighted by Gasteiger charge is -2.08. The monoisotopic (exact) mass is 370 g/mol.